The van der Waals surface area contributed by atoms with Gasteiger partial charge in [0, 0.05) is 31.7 Å². The molecule has 1 rings (SSSR count). The molecule has 1 fully saturated rings. The molecule has 0 aliphatic carbocycles. The van der Waals surface area contributed by atoms with Crippen molar-refractivity contribution in [1.82, 2.24) is 15.5 Å². The molecule has 2 N–H and O–H groups in total. The second kappa shape index (κ2) is 4.04. The number of hydrogen-bond donors (Lipinski definition) is 2. The number of hydrogen-bond acceptors (Lipinski definition) is 3. The van der Waals surface area contributed by atoms with Crippen LogP contribution in [0, 0.1) is 0 Å². The van der Waals surface area contributed by atoms with E-state index in [1.807, 2.05) is 0 Å². The average molecular weight is 157 g/mol. The number of nitrogens with zero attached hydrogens (tertiary/aromatic N) is 1. The minimum Gasteiger partial charge on any atom is -0.314 e. The minimum absolute atomic E-state index is 0.608. The maximum atomic E-state index is 3.54. The van der Waals surface area contributed by atoms with Crippen molar-refractivity contribution in [3.63, 3.8) is 0 Å². The van der Waals surface area contributed by atoms with E-state index in [2.05, 4.69) is 36.6 Å². The fourth-order valence-corrected chi connectivity index (χ4v) is 1.41. The Bertz CT molecular complexity index is 110. The van der Waals surface area contributed by atoms with Gasteiger partial charge in [0.2, 0.25) is 0 Å². The molecule has 1 atom stereocenters. The highest BCUT2D eigenvalue weighted by Crippen LogP contribution is 1.94. The molecule has 1 heterocycles. The van der Waals surface area contributed by atoms with E-state index in [0.29, 0.717) is 12.1 Å². The van der Waals surface area contributed by atoms with Crippen LogP contribution in [0.5, 0.6) is 0 Å². The Labute approximate surface area is 69.1 Å². The molecule has 0 amide bonds. The Morgan fingerprint density at radius 3 is 2.55 bits per heavy atom. The van der Waals surface area contributed by atoms with Crippen molar-refractivity contribution in [3.8, 4) is 0 Å². The van der Waals surface area contributed by atoms with Crippen LogP contribution in [0.1, 0.15) is 6.92 Å². The van der Waals surface area contributed by atoms with Gasteiger partial charge in [0.25, 0.3) is 0 Å². The lowest BCUT2D eigenvalue weighted by atomic mass is 10.1. The zero-order valence-electron chi connectivity index (χ0n) is 7.72. The van der Waals surface area contributed by atoms with Gasteiger partial charge in [-0.3, -0.25) is 0 Å². The second-order valence-electron chi connectivity index (χ2n) is 3.69. The molecule has 0 bridgehead atoms. The normalized spacial score (nSPS) is 21.8. The average Bonchev–Trinajstić information content (AvgIpc) is 1.77. The van der Waals surface area contributed by atoms with E-state index >= 15 is 0 Å². The van der Waals surface area contributed by atoms with Gasteiger partial charge in [0.1, 0.15) is 0 Å². The summed E-state index contributed by atoms with van der Waals surface area (Å²) in [5, 5.41) is 6.79. The molecule has 0 aromatic rings. The summed E-state index contributed by atoms with van der Waals surface area (Å²) in [4.78, 5) is 2.21. The summed E-state index contributed by atoms with van der Waals surface area (Å²) in [5.74, 6) is 0. The van der Waals surface area contributed by atoms with E-state index in [0.717, 1.165) is 19.6 Å². The Kier molecular flexibility index (Phi) is 3.30. The fraction of sp³-hybridized carbons (Fsp3) is 1.00. The van der Waals surface area contributed by atoms with Crippen molar-refractivity contribution in [1.29, 1.82) is 0 Å². The van der Waals surface area contributed by atoms with Gasteiger partial charge in [-0.25, -0.2) is 0 Å². The van der Waals surface area contributed by atoms with Crippen molar-refractivity contribution in [2.45, 2.75) is 19.0 Å². The van der Waals surface area contributed by atoms with Crippen LogP contribution in [0.15, 0.2) is 0 Å². The van der Waals surface area contributed by atoms with Crippen LogP contribution in [0.3, 0.4) is 0 Å². The van der Waals surface area contributed by atoms with E-state index in [-0.39, 0.29) is 0 Å². The van der Waals surface area contributed by atoms with E-state index in [9.17, 15) is 0 Å². The molecule has 3 heteroatoms. The van der Waals surface area contributed by atoms with Gasteiger partial charge in [-0.05, 0) is 21.0 Å². The summed E-state index contributed by atoms with van der Waals surface area (Å²) in [6.45, 7) is 5.63. The summed E-state index contributed by atoms with van der Waals surface area (Å²) in [7, 11) is 4.22. The summed E-state index contributed by atoms with van der Waals surface area (Å²) >= 11 is 0. The fourth-order valence-electron chi connectivity index (χ4n) is 1.41. The Balaban J connectivity index is 2.04. The molecular formula is C8H19N3. The maximum Gasteiger partial charge on any atom is 0.0320 e. The first-order valence-corrected chi connectivity index (χ1v) is 4.30. The van der Waals surface area contributed by atoms with Gasteiger partial charge in [0.15, 0.2) is 0 Å². The lowest BCUT2D eigenvalue weighted by molar-refractivity contribution is 0.288. The van der Waals surface area contributed by atoms with Crippen LogP contribution in [0.25, 0.3) is 0 Å². The smallest absolute Gasteiger partial charge is 0.0320 e. The first-order valence-electron chi connectivity index (χ1n) is 4.30. The molecule has 1 aliphatic rings. The van der Waals surface area contributed by atoms with Crippen molar-refractivity contribution >= 4 is 0 Å². The summed E-state index contributed by atoms with van der Waals surface area (Å²) in [6.07, 6.45) is 0. The first kappa shape index (κ1) is 8.97. The third kappa shape index (κ3) is 3.18. The monoisotopic (exact) mass is 157 g/mol. The lowest BCUT2D eigenvalue weighted by Gasteiger charge is -2.32. The second-order valence-corrected chi connectivity index (χ2v) is 3.69. The van der Waals surface area contributed by atoms with Crippen LogP contribution < -0.4 is 10.6 Å². The van der Waals surface area contributed by atoms with Crippen LogP contribution in [-0.2, 0) is 0 Å². The largest absolute Gasteiger partial charge is 0.314 e. The summed E-state index contributed by atoms with van der Waals surface area (Å²) < 4.78 is 0. The molecule has 0 aromatic carbocycles. The van der Waals surface area contributed by atoms with Gasteiger partial charge in [-0.1, -0.05) is 0 Å². The maximum absolute atomic E-state index is 3.54. The molecule has 66 valence electrons. The SMILES string of the molecule is CC(CN(C)C)NC1CNC1. The van der Waals surface area contributed by atoms with Gasteiger partial charge in [0.05, 0.1) is 0 Å². The van der Waals surface area contributed by atoms with E-state index in [4.69, 9.17) is 0 Å². The predicted molar refractivity (Wildman–Crippen MR) is 47.8 cm³/mol. The highest BCUT2D eigenvalue weighted by Gasteiger charge is 2.18. The highest BCUT2D eigenvalue weighted by molar-refractivity contribution is 4.84. The van der Waals surface area contributed by atoms with Crippen LogP contribution >= 0.6 is 0 Å². The third-order valence-corrected chi connectivity index (χ3v) is 1.94. The van der Waals surface area contributed by atoms with Crippen molar-refractivity contribution in [3.05, 3.63) is 0 Å². The molecule has 0 saturated carbocycles. The van der Waals surface area contributed by atoms with Gasteiger partial charge in [-0.15, -0.1) is 0 Å². The Hall–Kier alpha value is -0.120. The molecule has 1 saturated heterocycles. The standard InChI is InChI=1S/C8H19N3/c1-7(6-11(2)3)10-8-4-9-5-8/h7-10H,4-6H2,1-3H3. The molecule has 1 unspecified atom stereocenters. The van der Waals surface area contributed by atoms with Crippen LogP contribution in [0.4, 0.5) is 0 Å². The summed E-state index contributed by atoms with van der Waals surface area (Å²) in [5.41, 5.74) is 0. The highest BCUT2D eigenvalue weighted by atomic mass is 15.1. The molecular weight excluding hydrogens is 138 g/mol. The number of nitrogens with one attached hydrogen (secondary N) is 2. The van der Waals surface area contributed by atoms with Crippen molar-refractivity contribution < 1.29 is 0 Å². The lowest BCUT2D eigenvalue weighted by Crippen LogP contribution is -2.58. The molecule has 0 radical (unpaired) electrons. The first-order chi connectivity index (χ1) is 5.18. The van der Waals surface area contributed by atoms with Gasteiger partial charge in [-0.2, -0.15) is 0 Å². The molecule has 3 nitrogen and oxygen atoms in total. The Morgan fingerprint density at radius 2 is 2.18 bits per heavy atom. The van der Waals surface area contributed by atoms with Crippen molar-refractivity contribution in [2.24, 2.45) is 0 Å². The van der Waals surface area contributed by atoms with Crippen LogP contribution in [-0.4, -0.2) is 50.7 Å². The topological polar surface area (TPSA) is 27.3 Å². The van der Waals surface area contributed by atoms with Crippen molar-refractivity contribution in [2.75, 3.05) is 33.7 Å². The molecule has 0 spiro atoms. The number of rotatable bonds is 4. The van der Waals surface area contributed by atoms with Crippen LogP contribution in [0.2, 0.25) is 0 Å². The molecule has 11 heavy (non-hydrogen) atoms. The van der Waals surface area contributed by atoms with E-state index < -0.39 is 0 Å². The zero-order valence-corrected chi connectivity index (χ0v) is 7.72. The summed E-state index contributed by atoms with van der Waals surface area (Å²) in [6, 6.07) is 1.32. The minimum atomic E-state index is 0.608. The molecule has 0 aromatic heterocycles. The van der Waals surface area contributed by atoms with E-state index in [1.54, 1.807) is 0 Å². The van der Waals surface area contributed by atoms with Gasteiger partial charge >= 0.3 is 0 Å². The zero-order chi connectivity index (χ0) is 8.27. The molecule has 1 aliphatic heterocycles. The quantitative estimate of drug-likeness (QED) is 0.576. The third-order valence-electron chi connectivity index (χ3n) is 1.94. The number of likely N-dealkylation sites (N-methyl/N-ethyl adjacent to an activating group) is 1. The van der Waals surface area contributed by atoms with E-state index in [1.165, 1.54) is 0 Å². The Morgan fingerprint density at radius 1 is 1.55 bits per heavy atom. The predicted octanol–water partition coefficient (Wildman–Crippen LogP) is -0.502. The van der Waals surface area contributed by atoms with Gasteiger partial charge < -0.3 is 15.5 Å².